The van der Waals surface area contributed by atoms with Crippen molar-refractivity contribution in [1.82, 2.24) is 5.32 Å². The molecule has 3 heteroatoms. The summed E-state index contributed by atoms with van der Waals surface area (Å²) in [6.07, 6.45) is 5.52. The molecule has 0 spiro atoms. The Kier molecular flexibility index (Phi) is 4.12. The van der Waals surface area contributed by atoms with Crippen LogP contribution in [0.1, 0.15) is 36.8 Å². The lowest BCUT2D eigenvalue weighted by atomic mass is 9.86. The van der Waals surface area contributed by atoms with Crippen LogP contribution in [0.5, 0.6) is 0 Å². The minimum Gasteiger partial charge on any atom is -0.362 e. The molecule has 2 atom stereocenters. The van der Waals surface area contributed by atoms with Crippen molar-refractivity contribution in [1.29, 1.82) is 0 Å². The number of nitrogens with zero attached hydrogens (tertiary/aromatic N) is 1. The predicted molar refractivity (Wildman–Crippen MR) is 83.7 cm³/mol. The lowest BCUT2D eigenvalue weighted by molar-refractivity contribution is 0.311. The fourth-order valence-corrected chi connectivity index (χ4v) is 4.18. The standard InChI is InChI=1S/C16H22N2S/c1-12-6-2-3-7-13(12)10-17-16-18-15-9-5-4-8-14(15)11-19-16/h2-3,6-7,14-15H,4-5,8-11H2,1H3,(H,17,18). The third-order valence-electron chi connectivity index (χ3n) is 4.31. The number of rotatable bonds is 2. The van der Waals surface area contributed by atoms with Gasteiger partial charge in [0.1, 0.15) is 0 Å². The van der Waals surface area contributed by atoms with Crippen molar-refractivity contribution in [3.05, 3.63) is 35.4 Å². The number of thioether (sulfide) groups is 1. The maximum atomic E-state index is 4.77. The van der Waals surface area contributed by atoms with E-state index in [1.54, 1.807) is 0 Å². The molecule has 2 unspecified atom stereocenters. The Hall–Kier alpha value is -0.960. The number of hydrogen-bond acceptors (Lipinski definition) is 2. The molecule has 1 aliphatic carbocycles. The zero-order chi connectivity index (χ0) is 13.1. The second-order valence-corrected chi connectivity index (χ2v) is 6.66. The summed E-state index contributed by atoms with van der Waals surface area (Å²) < 4.78 is 0. The summed E-state index contributed by atoms with van der Waals surface area (Å²) in [7, 11) is 0. The van der Waals surface area contributed by atoms with Gasteiger partial charge in [0.15, 0.2) is 5.17 Å². The lowest BCUT2D eigenvalue weighted by Gasteiger charge is -2.36. The molecule has 0 radical (unpaired) electrons. The van der Waals surface area contributed by atoms with Gasteiger partial charge in [-0.05, 0) is 36.8 Å². The molecule has 102 valence electrons. The highest BCUT2D eigenvalue weighted by Gasteiger charge is 2.30. The highest BCUT2D eigenvalue weighted by atomic mass is 32.2. The molecule has 1 aromatic carbocycles. The van der Waals surface area contributed by atoms with Crippen LogP contribution in [0.4, 0.5) is 0 Å². The number of aliphatic imine (C=N–C) groups is 1. The molecule has 1 aliphatic heterocycles. The quantitative estimate of drug-likeness (QED) is 0.888. The molecule has 3 rings (SSSR count). The van der Waals surface area contributed by atoms with Crippen molar-refractivity contribution in [2.24, 2.45) is 10.9 Å². The van der Waals surface area contributed by atoms with Gasteiger partial charge in [0.2, 0.25) is 0 Å². The summed E-state index contributed by atoms with van der Waals surface area (Å²) in [6.45, 7) is 2.97. The second-order valence-electron chi connectivity index (χ2n) is 5.65. The van der Waals surface area contributed by atoms with Crippen molar-refractivity contribution in [2.75, 3.05) is 5.75 Å². The first-order chi connectivity index (χ1) is 9.33. The van der Waals surface area contributed by atoms with Crippen molar-refractivity contribution in [3.63, 3.8) is 0 Å². The van der Waals surface area contributed by atoms with Gasteiger partial charge in [-0.25, -0.2) is 0 Å². The van der Waals surface area contributed by atoms with Crippen LogP contribution in [0.25, 0.3) is 0 Å². The zero-order valence-electron chi connectivity index (χ0n) is 11.6. The Balaban J connectivity index is 1.63. The van der Waals surface area contributed by atoms with Gasteiger partial charge in [0.05, 0.1) is 6.54 Å². The average Bonchev–Trinajstić information content (AvgIpc) is 2.46. The van der Waals surface area contributed by atoms with Gasteiger partial charge < -0.3 is 5.32 Å². The summed E-state index contributed by atoms with van der Waals surface area (Å²) in [4.78, 5) is 4.77. The fraction of sp³-hybridized carbons (Fsp3) is 0.562. The molecule has 2 fully saturated rings. The van der Waals surface area contributed by atoms with Crippen LogP contribution in [0.2, 0.25) is 0 Å². The van der Waals surface area contributed by atoms with E-state index in [1.165, 1.54) is 42.6 Å². The normalized spacial score (nSPS) is 28.8. The van der Waals surface area contributed by atoms with Crippen LogP contribution < -0.4 is 5.32 Å². The topological polar surface area (TPSA) is 24.4 Å². The number of amidine groups is 1. The molecule has 1 saturated carbocycles. The summed E-state index contributed by atoms with van der Waals surface area (Å²) in [5, 5.41) is 4.82. The average molecular weight is 274 g/mol. The van der Waals surface area contributed by atoms with Gasteiger partial charge in [-0.15, -0.1) is 0 Å². The van der Waals surface area contributed by atoms with E-state index in [1.807, 2.05) is 11.8 Å². The molecule has 1 saturated heterocycles. The molecule has 0 amide bonds. The Bertz CT molecular complexity index is 470. The molecule has 19 heavy (non-hydrogen) atoms. The van der Waals surface area contributed by atoms with E-state index >= 15 is 0 Å². The number of fused-ring (bicyclic) bond motifs is 1. The van der Waals surface area contributed by atoms with Crippen LogP contribution in [-0.4, -0.2) is 17.0 Å². The molecular formula is C16H22N2S. The van der Waals surface area contributed by atoms with Crippen molar-refractivity contribution in [2.45, 2.75) is 45.2 Å². The largest absolute Gasteiger partial charge is 0.362 e. The number of hydrogen-bond donors (Lipinski definition) is 1. The molecule has 0 bridgehead atoms. The van der Waals surface area contributed by atoms with Crippen molar-refractivity contribution < 1.29 is 0 Å². The van der Waals surface area contributed by atoms with Crippen LogP contribution in [0, 0.1) is 12.8 Å². The van der Waals surface area contributed by atoms with Crippen LogP contribution in [0.3, 0.4) is 0 Å². The van der Waals surface area contributed by atoms with E-state index in [4.69, 9.17) is 4.99 Å². The number of benzene rings is 1. The number of aryl methyl sites for hydroxylation is 1. The van der Waals surface area contributed by atoms with Crippen LogP contribution in [-0.2, 0) is 6.54 Å². The van der Waals surface area contributed by atoms with Gasteiger partial charge >= 0.3 is 0 Å². The maximum Gasteiger partial charge on any atom is 0.157 e. The summed E-state index contributed by atoms with van der Waals surface area (Å²) >= 11 is 1.91. The number of nitrogens with one attached hydrogen (secondary N) is 1. The van der Waals surface area contributed by atoms with Gasteiger partial charge in [0.25, 0.3) is 0 Å². The Labute approximate surface area is 120 Å². The van der Waals surface area contributed by atoms with Gasteiger partial charge in [-0.1, -0.05) is 48.9 Å². The Morgan fingerprint density at radius 3 is 3.00 bits per heavy atom. The van der Waals surface area contributed by atoms with E-state index in [9.17, 15) is 0 Å². The third kappa shape index (κ3) is 3.14. The maximum absolute atomic E-state index is 4.77. The Morgan fingerprint density at radius 2 is 2.11 bits per heavy atom. The van der Waals surface area contributed by atoms with Gasteiger partial charge in [-0.3, -0.25) is 4.99 Å². The molecule has 2 aliphatic rings. The first kappa shape index (κ1) is 13.0. The van der Waals surface area contributed by atoms with Crippen molar-refractivity contribution in [3.8, 4) is 0 Å². The first-order valence-corrected chi connectivity index (χ1v) is 8.30. The summed E-state index contributed by atoms with van der Waals surface area (Å²) in [6, 6.07) is 9.21. The predicted octanol–water partition coefficient (Wildman–Crippen LogP) is 3.75. The molecule has 1 heterocycles. The van der Waals surface area contributed by atoms with E-state index in [2.05, 4.69) is 36.5 Å². The minimum absolute atomic E-state index is 0.686. The van der Waals surface area contributed by atoms with E-state index in [0.717, 1.165) is 17.6 Å². The second kappa shape index (κ2) is 6.00. The first-order valence-electron chi connectivity index (χ1n) is 7.31. The molecule has 1 aromatic rings. The summed E-state index contributed by atoms with van der Waals surface area (Å²) in [5.74, 6) is 2.13. The highest BCUT2D eigenvalue weighted by Crippen LogP contribution is 2.31. The SMILES string of the molecule is Cc1ccccc1CN=C1NC2CCCCC2CS1. The molecule has 1 N–H and O–H groups in total. The fourth-order valence-electron chi connectivity index (χ4n) is 3.02. The van der Waals surface area contributed by atoms with Crippen LogP contribution >= 0.6 is 11.8 Å². The smallest absolute Gasteiger partial charge is 0.157 e. The summed E-state index contributed by atoms with van der Waals surface area (Å²) in [5.41, 5.74) is 2.67. The zero-order valence-corrected chi connectivity index (χ0v) is 12.4. The minimum atomic E-state index is 0.686. The molecule has 2 nitrogen and oxygen atoms in total. The Morgan fingerprint density at radius 1 is 1.26 bits per heavy atom. The van der Waals surface area contributed by atoms with Gasteiger partial charge in [-0.2, -0.15) is 0 Å². The van der Waals surface area contributed by atoms with Crippen LogP contribution in [0.15, 0.2) is 29.3 Å². The molecular weight excluding hydrogens is 252 g/mol. The van der Waals surface area contributed by atoms with Crippen molar-refractivity contribution >= 4 is 16.9 Å². The highest BCUT2D eigenvalue weighted by molar-refractivity contribution is 8.13. The van der Waals surface area contributed by atoms with E-state index in [-0.39, 0.29) is 0 Å². The van der Waals surface area contributed by atoms with E-state index in [0.29, 0.717) is 6.04 Å². The monoisotopic (exact) mass is 274 g/mol. The molecule has 0 aromatic heterocycles. The third-order valence-corrected chi connectivity index (χ3v) is 5.42. The van der Waals surface area contributed by atoms with Gasteiger partial charge in [0, 0.05) is 11.8 Å². The van der Waals surface area contributed by atoms with E-state index < -0.39 is 0 Å². The lowest BCUT2D eigenvalue weighted by Crippen LogP contribution is -2.46.